The Kier molecular flexibility index (Phi) is 6.52. The van der Waals surface area contributed by atoms with Crippen LogP contribution in [0, 0.1) is 22.5 Å². The Morgan fingerprint density at radius 1 is 1.29 bits per heavy atom. The van der Waals surface area contributed by atoms with Crippen molar-refractivity contribution in [2.24, 2.45) is 0 Å². The number of terminal acetylenes is 1. The maximum atomic E-state index is 11.1. The van der Waals surface area contributed by atoms with Crippen molar-refractivity contribution < 1.29 is 24.0 Å². The number of carboxylic acid groups (broad SMARTS) is 1. The molecule has 0 radical (unpaired) electrons. The number of hydrogen-bond acceptors (Lipinski definition) is 6. The van der Waals surface area contributed by atoms with Crippen LogP contribution >= 0.6 is 0 Å². The van der Waals surface area contributed by atoms with Crippen molar-refractivity contribution in [2.75, 3.05) is 16.8 Å². The monoisotopic (exact) mass is 421 g/mol. The molecule has 9 heteroatoms. The van der Waals surface area contributed by atoms with Crippen LogP contribution in [-0.4, -0.2) is 29.0 Å². The lowest BCUT2D eigenvalue weighted by Gasteiger charge is -2.22. The highest BCUT2D eigenvalue weighted by Gasteiger charge is 2.19. The minimum absolute atomic E-state index is 0.0230. The van der Waals surface area contributed by atoms with Crippen molar-refractivity contribution in [3.05, 3.63) is 63.9 Å². The van der Waals surface area contributed by atoms with Crippen LogP contribution in [0.4, 0.5) is 17.1 Å². The normalized spacial score (nSPS) is 10.4. The molecule has 0 fully saturated rings. The van der Waals surface area contributed by atoms with Crippen molar-refractivity contribution in [1.29, 1.82) is 0 Å². The zero-order chi connectivity index (χ0) is 22.4. The Labute approximate surface area is 177 Å². The molecule has 0 aliphatic rings. The summed E-state index contributed by atoms with van der Waals surface area (Å²) in [4.78, 5) is 34.3. The van der Waals surface area contributed by atoms with Gasteiger partial charge < -0.3 is 19.7 Å². The third-order valence-electron chi connectivity index (χ3n) is 4.71. The Hall–Kier alpha value is -4.32. The number of non-ortho nitro benzene ring substituents is 1. The van der Waals surface area contributed by atoms with Crippen LogP contribution in [0.3, 0.4) is 0 Å². The van der Waals surface area contributed by atoms with E-state index in [1.165, 1.54) is 12.1 Å². The molecule has 0 aliphatic heterocycles. The summed E-state index contributed by atoms with van der Waals surface area (Å²) in [6.45, 7) is 0.589. The fourth-order valence-corrected chi connectivity index (χ4v) is 3.30. The zero-order valence-corrected chi connectivity index (χ0v) is 16.4. The minimum atomic E-state index is -0.976. The van der Waals surface area contributed by atoms with Gasteiger partial charge in [0.15, 0.2) is 0 Å². The number of aryl methyl sites for hydroxylation is 1. The zero-order valence-electron chi connectivity index (χ0n) is 16.4. The molecule has 0 saturated carbocycles. The summed E-state index contributed by atoms with van der Waals surface area (Å²) in [6, 6.07) is 11.5. The van der Waals surface area contributed by atoms with E-state index in [1.807, 2.05) is 11.0 Å². The average molecular weight is 421 g/mol. The molecule has 1 heterocycles. The first kappa shape index (κ1) is 21.4. The highest BCUT2D eigenvalue weighted by Crippen LogP contribution is 2.34. The summed E-state index contributed by atoms with van der Waals surface area (Å²) < 4.78 is 5.95. The number of aliphatic carboxylic acids is 1. The second-order valence-corrected chi connectivity index (χ2v) is 6.68. The van der Waals surface area contributed by atoms with Gasteiger partial charge in [-0.3, -0.25) is 19.7 Å². The van der Waals surface area contributed by atoms with Crippen molar-refractivity contribution in [3.63, 3.8) is 0 Å². The van der Waals surface area contributed by atoms with E-state index in [0.717, 1.165) is 5.56 Å². The smallest absolute Gasteiger partial charge is 0.303 e. The van der Waals surface area contributed by atoms with E-state index < -0.39 is 10.9 Å². The number of benzene rings is 2. The van der Waals surface area contributed by atoms with Crippen LogP contribution in [0.5, 0.6) is 0 Å². The highest BCUT2D eigenvalue weighted by molar-refractivity contribution is 5.98. The van der Waals surface area contributed by atoms with Gasteiger partial charge in [-0.2, -0.15) is 0 Å². The third-order valence-corrected chi connectivity index (χ3v) is 4.71. The Balaban J connectivity index is 1.99. The number of para-hydroxylation sites is 1. The largest absolute Gasteiger partial charge is 0.481 e. The van der Waals surface area contributed by atoms with E-state index in [0.29, 0.717) is 41.1 Å². The summed E-state index contributed by atoms with van der Waals surface area (Å²) in [5.74, 6) is 1.97. The molecular formula is C22H19N3O6. The molecule has 0 aliphatic carbocycles. The average Bonchev–Trinajstić information content (AvgIpc) is 3.11. The number of hydrogen-bond donors (Lipinski definition) is 2. The molecule has 1 aromatic heterocycles. The molecule has 0 spiro atoms. The summed E-state index contributed by atoms with van der Waals surface area (Å²) in [5, 5.41) is 23.1. The highest BCUT2D eigenvalue weighted by atomic mass is 16.6. The van der Waals surface area contributed by atoms with E-state index >= 15 is 0 Å². The van der Waals surface area contributed by atoms with E-state index in [1.54, 1.807) is 24.3 Å². The molecule has 31 heavy (non-hydrogen) atoms. The standard InChI is InChI=1S/C22H19N3O6/c1-2-12-24(16-6-8-17(9-7-16)25(29)30)13-15-4-3-5-18-21(23-14-26)19(31-22(15)18)10-11-20(27)28/h1,3-9,14H,10-13H2,(H,23,26)(H,27,28). The molecule has 3 aromatic rings. The number of nitro groups is 1. The van der Waals surface area contributed by atoms with Gasteiger partial charge in [0.25, 0.3) is 5.69 Å². The number of carboxylic acids is 1. The third kappa shape index (κ3) is 4.82. The molecule has 1 amide bonds. The van der Waals surface area contributed by atoms with Gasteiger partial charge in [-0.05, 0) is 18.2 Å². The van der Waals surface area contributed by atoms with Gasteiger partial charge in [-0.15, -0.1) is 6.42 Å². The summed E-state index contributed by atoms with van der Waals surface area (Å²) in [7, 11) is 0. The summed E-state index contributed by atoms with van der Waals surface area (Å²) in [5.41, 5.74) is 2.39. The van der Waals surface area contributed by atoms with E-state index in [-0.39, 0.29) is 25.1 Å². The Bertz CT molecular complexity index is 1160. The second-order valence-electron chi connectivity index (χ2n) is 6.68. The number of carbonyl (C=O) groups excluding carboxylic acids is 1. The molecule has 0 bridgehead atoms. The molecule has 158 valence electrons. The van der Waals surface area contributed by atoms with Crippen molar-refractivity contribution in [2.45, 2.75) is 19.4 Å². The molecule has 0 unspecified atom stereocenters. The molecule has 2 aromatic carbocycles. The van der Waals surface area contributed by atoms with Gasteiger partial charge in [-0.1, -0.05) is 18.1 Å². The van der Waals surface area contributed by atoms with Crippen LogP contribution in [0.1, 0.15) is 17.7 Å². The van der Waals surface area contributed by atoms with Crippen LogP contribution in [0.25, 0.3) is 11.0 Å². The summed E-state index contributed by atoms with van der Waals surface area (Å²) >= 11 is 0. The van der Waals surface area contributed by atoms with E-state index in [2.05, 4.69) is 11.2 Å². The molecule has 0 atom stereocenters. The second kappa shape index (κ2) is 9.45. The van der Waals surface area contributed by atoms with Crippen LogP contribution in [-0.2, 0) is 22.6 Å². The molecular weight excluding hydrogens is 402 g/mol. The maximum Gasteiger partial charge on any atom is 0.303 e. The van der Waals surface area contributed by atoms with Gasteiger partial charge in [0, 0.05) is 41.7 Å². The van der Waals surface area contributed by atoms with Gasteiger partial charge in [0.1, 0.15) is 11.3 Å². The number of nitrogens with zero attached hydrogens (tertiary/aromatic N) is 2. The van der Waals surface area contributed by atoms with Crippen molar-refractivity contribution in [3.8, 4) is 12.3 Å². The Morgan fingerprint density at radius 2 is 2.03 bits per heavy atom. The molecule has 3 rings (SSSR count). The van der Waals surface area contributed by atoms with E-state index in [4.69, 9.17) is 15.9 Å². The van der Waals surface area contributed by atoms with Crippen LogP contribution in [0.15, 0.2) is 46.9 Å². The van der Waals surface area contributed by atoms with Gasteiger partial charge >= 0.3 is 5.97 Å². The SMILES string of the molecule is C#CCN(Cc1cccc2c(NC=O)c(CCC(=O)O)oc12)c1ccc([N+](=O)[O-])cc1. The minimum Gasteiger partial charge on any atom is -0.481 e. The first-order valence-electron chi connectivity index (χ1n) is 9.32. The van der Waals surface area contributed by atoms with Gasteiger partial charge in [0.2, 0.25) is 6.41 Å². The first-order chi connectivity index (χ1) is 14.9. The fraction of sp³-hybridized carbons (Fsp3) is 0.182. The fourth-order valence-electron chi connectivity index (χ4n) is 3.30. The number of nitro benzene ring substituents is 1. The van der Waals surface area contributed by atoms with Crippen molar-refractivity contribution in [1.82, 2.24) is 0 Å². The molecule has 9 nitrogen and oxygen atoms in total. The first-order valence-corrected chi connectivity index (χ1v) is 9.32. The van der Waals surface area contributed by atoms with Crippen LogP contribution in [0.2, 0.25) is 0 Å². The number of amides is 1. The Morgan fingerprint density at radius 3 is 2.65 bits per heavy atom. The van der Waals surface area contributed by atoms with Gasteiger partial charge in [0.05, 0.1) is 23.6 Å². The van der Waals surface area contributed by atoms with E-state index in [9.17, 15) is 19.7 Å². The summed E-state index contributed by atoms with van der Waals surface area (Å²) in [6.07, 6.45) is 6.01. The lowest BCUT2D eigenvalue weighted by Crippen LogP contribution is -2.22. The van der Waals surface area contributed by atoms with Crippen molar-refractivity contribution >= 4 is 40.4 Å². The number of nitrogens with one attached hydrogen (secondary N) is 1. The molecule has 0 saturated heterocycles. The number of rotatable bonds is 10. The van der Waals surface area contributed by atoms with Crippen LogP contribution < -0.4 is 10.2 Å². The predicted molar refractivity (Wildman–Crippen MR) is 115 cm³/mol. The number of furan rings is 1. The number of fused-ring (bicyclic) bond motifs is 1. The lowest BCUT2D eigenvalue weighted by atomic mass is 10.1. The number of carbonyl (C=O) groups is 2. The topological polar surface area (TPSA) is 126 Å². The quantitative estimate of drug-likeness (QED) is 0.222. The molecule has 2 N–H and O–H groups in total. The lowest BCUT2D eigenvalue weighted by molar-refractivity contribution is -0.384. The predicted octanol–water partition coefficient (Wildman–Crippen LogP) is 3.57. The maximum absolute atomic E-state index is 11.1. The van der Waals surface area contributed by atoms with Gasteiger partial charge in [-0.25, -0.2) is 0 Å². The number of anilines is 2.